The van der Waals surface area contributed by atoms with Crippen LogP contribution in [-0.4, -0.2) is 17.1 Å². The molecule has 0 radical (unpaired) electrons. The first-order chi connectivity index (χ1) is 8.41. The molecule has 0 aromatic heterocycles. The van der Waals surface area contributed by atoms with Crippen LogP contribution >= 0.6 is 0 Å². The average Bonchev–Trinajstić information content (AvgIpc) is 2.27. The molecule has 1 rings (SSSR count). The van der Waals surface area contributed by atoms with Crippen LogP contribution in [0.25, 0.3) is 0 Å². The summed E-state index contributed by atoms with van der Waals surface area (Å²) in [5, 5.41) is 12.1. The van der Waals surface area contributed by atoms with Crippen molar-refractivity contribution in [2.45, 2.75) is 39.3 Å². The number of rotatable bonds is 6. The Morgan fingerprint density at radius 2 is 1.94 bits per heavy atom. The minimum Gasteiger partial charge on any atom is -0.480 e. The van der Waals surface area contributed by atoms with Crippen molar-refractivity contribution in [3.8, 4) is 0 Å². The Bertz CT molecular complexity index is 407. The molecule has 18 heavy (non-hydrogen) atoms. The van der Waals surface area contributed by atoms with Gasteiger partial charge in [-0.1, -0.05) is 32.0 Å². The summed E-state index contributed by atoms with van der Waals surface area (Å²) in [5.74, 6) is -0.940. The van der Waals surface area contributed by atoms with Crippen molar-refractivity contribution in [3.05, 3.63) is 35.6 Å². The first-order valence-corrected chi connectivity index (χ1v) is 6.15. The van der Waals surface area contributed by atoms with Gasteiger partial charge >= 0.3 is 5.97 Å². The van der Waals surface area contributed by atoms with Crippen molar-refractivity contribution in [1.82, 2.24) is 5.32 Å². The number of benzene rings is 1. The highest BCUT2D eigenvalue weighted by Gasteiger charge is 2.22. The van der Waals surface area contributed by atoms with Gasteiger partial charge in [-0.15, -0.1) is 0 Å². The third-order valence-electron chi connectivity index (χ3n) is 2.83. The summed E-state index contributed by atoms with van der Waals surface area (Å²) in [7, 11) is 0. The van der Waals surface area contributed by atoms with Crippen LogP contribution in [0.4, 0.5) is 4.39 Å². The summed E-state index contributed by atoms with van der Waals surface area (Å²) in [6.45, 7) is 5.70. The van der Waals surface area contributed by atoms with Crippen molar-refractivity contribution >= 4 is 5.97 Å². The van der Waals surface area contributed by atoms with Gasteiger partial charge in [0.25, 0.3) is 0 Å². The number of carboxylic acids is 1. The molecular formula is C14H20FNO2. The highest BCUT2D eigenvalue weighted by molar-refractivity contribution is 5.73. The summed E-state index contributed by atoms with van der Waals surface area (Å²) < 4.78 is 13.6. The maximum Gasteiger partial charge on any atom is 0.320 e. The molecule has 0 bridgehead atoms. The molecule has 0 heterocycles. The lowest BCUT2D eigenvalue weighted by molar-refractivity contribution is -0.140. The molecule has 4 heteroatoms. The molecule has 0 fully saturated rings. The Morgan fingerprint density at radius 1 is 1.33 bits per heavy atom. The maximum absolute atomic E-state index is 13.6. The van der Waals surface area contributed by atoms with Crippen LogP contribution in [0, 0.1) is 11.7 Å². The first kappa shape index (κ1) is 14.6. The largest absolute Gasteiger partial charge is 0.480 e. The van der Waals surface area contributed by atoms with E-state index in [1.54, 1.807) is 25.1 Å². The number of carbonyl (C=O) groups is 1. The molecular weight excluding hydrogens is 233 g/mol. The minimum absolute atomic E-state index is 0.270. The molecule has 0 saturated heterocycles. The van der Waals surface area contributed by atoms with E-state index < -0.39 is 12.0 Å². The smallest absolute Gasteiger partial charge is 0.320 e. The molecule has 0 aliphatic heterocycles. The summed E-state index contributed by atoms with van der Waals surface area (Å²) in [5.41, 5.74) is 0.493. The Labute approximate surface area is 107 Å². The summed E-state index contributed by atoms with van der Waals surface area (Å²) in [4.78, 5) is 11.1. The number of carboxylic acid groups (broad SMARTS) is 1. The van der Waals surface area contributed by atoms with Gasteiger partial charge in [-0.2, -0.15) is 0 Å². The number of halogens is 1. The molecule has 1 aromatic rings. The van der Waals surface area contributed by atoms with E-state index >= 15 is 0 Å². The molecule has 100 valence electrons. The lowest BCUT2D eigenvalue weighted by Crippen LogP contribution is -2.39. The Morgan fingerprint density at radius 3 is 2.44 bits per heavy atom. The minimum atomic E-state index is -0.896. The standard InChI is InChI=1S/C14H20FNO2/c1-9(2)8-13(14(17)18)16-10(3)11-6-4-5-7-12(11)15/h4-7,9-10,13,16H,8H2,1-3H3,(H,17,18). The summed E-state index contributed by atoms with van der Waals surface area (Å²) >= 11 is 0. The molecule has 0 aliphatic rings. The van der Waals surface area contributed by atoms with Crippen LogP contribution < -0.4 is 5.32 Å². The van der Waals surface area contributed by atoms with Crippen LogP contribution in [0.3, 0.4) is 0 Å². The van der Waals surface area contributed by atoms with Gasteiger partial charge in [-0.3, -0.25) is 10.1 Å². The summed E-state index contributed by atoms with van der Waals surface area (Å²) in [6.07, 6.45) is 0.522. The predicted molar refractivity (Wildman–Crippen MR) is 68.8 cm³/mol. The van der Waals surface area contributed by atoms with Crippen molar-refractivity contribution in [1.29, 1.82) is 0 Å². The second kappa shape index (κ2) is 6.50. The van der Waals surface area contributed by atoms with Crippen LogP contribution in [0.1, 0.15) is 38.8 Å². The topological polar surface area (TPSA) is 49.3 Å². The van der Waals surface area contributed by atoms with Crippen molar-refractivity contribution in [3.63, 3.8) is 0 Å². The van der Waals surface area contributed by atoms with E-state index in [0.717, 1.165) is 0 Å². The molecule has 0 spiro atoms. The van der Waals surface area contributed by atoms with Crippen molar-refractivity contribution < 1.29 is 14.3 Å². The van der Waals surface area contributed by atoms with Gasteiger partial charge < -0.3 is 5.11 Å². The lowest BCUT2D eigenvalue weighted by Gasteiger charge is -2.22. The van der Waals surface area contributed by atoms with Crippen LogP contribution in [0.2, 0.25) is 0 Å². The van der Waals surface area contributed by atoms with Crippen LogP contribution in [-0.2, 0) is 4.79 Å². The zero-order valence-electron chi connectivity index (χ0n) is 11.0. The SMILES string of the molecule is CC(C)CC(NC(C)c1ccccc1F)C(=O)O. The number of nitrogens with one attached hydrogen (secondary N) is 1. The number of hydrogen-bond acceptors (Lipinski definition) is 2. The van der Waals surface area contributed by atoms with Gasteiger partial charge in [-0.05, 0) is 25.3 Å². The van der Waals surface area contributed by atoms with Crippen molar-refractivity contribution in [2.75, 3.05) is 0 Å². The molecule has 2 unspecified atom stereocenters. The molecule has 3 nitrogen and oxygen atoms in total. The zero-order valence-corrected chi connectivity index (χ0v) is 11.0. The van der Waals surface area contributed by atoms with E-state index in [-0.39, 0.29) is 17.8 Å². The highest BCUT2D eigenvalue weighted by Crippen LogP contribution is 2.18. The predicted octanol–water partition coefficient (Wildman–Crippen LogP) is 2.98. The normalized spacial score (nSPS) is 14.5. The molecule has 0 amide bonds. The molecule has 1 aromatic carbocycles. The van der Waals surface area contributed by atoms with E-state index in [2.05, 4.69) is 5.32 Å². The third-order valence-corrected chi connectivity index (χ3v) is 2.83. The first-order valence-electron chi connectivity index (χ1n) is 6.15. The van der Waals surface area contributed by atoms with Crippen LogP contribution in [0.15, 0.2) is 24.3 Å². The number of hydrogen-bond donors (Lipinski definition) is 2. The van der Waals surface area contributed by atoms with E-state index in [1.165, 1.54) is 6.07 Å². The van der Waals surface area contributed by atoms with E-state index in [9.17, 15) is 9.18 Å². The monoisotopic (exact) mass is 253 g/mol. The summed E-state index contributed by atoms with van der Waals surface area (Å²) in [6, 6.07) is 5.43. The second-order valence-electron chi connectivity index (χ2n) is 4.93. The Hall–Kier alpha value is -1.42. The Kier molecular flexibility index (Phi) is 5.28. The lowest BCUT2D eigenvalue weighted by atomic mass is 10.0. The fourth-order valence-corrected chi connectivity index (χ4v) is 1.93. The van der Waals surface area contributed by atoms with Gasteiger partial charge in [0, 0.05) is 11.6 Å². The van der Waals surface area contributed by atoms with Gasteiger partial charge in [0.15, 0.2) is 0 Å². The third kappa shape index (κ3) is 4.11. The van der Waals surface area contributed by atoms with Gasteiger partial charge in [0.05, 0.1) is 0 Å². The molecule has 0 saturated carbocycles. The van der Waals surface area contributed by atoms with Gasteiger partial charge in [0.1, 0.15) is 11.9 Å². The second-order valence-corrected chi connectivity index (χ2v) is 4.93. The fraction of sp³-hybridized carbons (Fsp3) is 0.500. The number of aliphatic carboxylic acids is 1. The van der Waals surface area contributed by atoms with Gasteiger partial charge in [-0.25, -0.2) is 4.39 Å². The molecule has 0 aliphatic carbocycles. The molecule has 2 atom stereocenters. The van der Waals surface area contributed by atoms with Crippen molar-refractivity contribution in [2.24, 2.45) is 5.92 Å². The fourth-order valence-electron chi connectivity index (χ4n) is 1.93. The van der Waals surface area contributed by atoms with Crippen LogP contribution in [0.5, 0.6) is 0 Å². The molecule has 2 N–H and O–H groups in total. The maximum atomic E-state index is 13.6. The highest BCUT2D eigenvalue weighted by atomic mass is 19.1. The van der Waals surface area contributed by atoms with E-state index in [4.69, 9.17) is 5.11 Å². The Balaban J connectivity index is 2.75. The van der Waals surface area contributed by atoms with E-state index in [1.807, 2.05) is 13.8 Å². The van der Waals surface area contributed by atoms with Gasteiger partial charge in [0.2, 0.25) is 0 Å². The zero-order chi connectivity index (χ0) is 13.7. The average molecular weight is 253 g/mol. The van der Waals surface area contributed by atoms with E-state index in [0.29, 0.717) is 12.0 Å². The quantitative estimate of drug-likeness (QED) is 0.819.